The molecule has 1 atom stereocenters. The molecule has 0 aliphatic carbocycles. The lowest BCUT2D eigenvalue weighted by molar-refractivity contribution is 0.586. The van der Waals surface area contributed by atoms with Crippen molar-refractivity contribution in [1.82, 2.24) is 0 Å². The highest BCUT2D eigenvalue weighted by Crippen LogP contribution is 2.25. The Morgan fingerprint density at radius 3 is 2.94 bits per heavy atom. The number of nitrogens with one attached hydrogen (secondary N) is 1. The molecule has 0 saturated heterocycles. The van der Waals surface area contributed by atoms with E-state index in [1.807, 2.05) is 0 Å². The van der Waals surface area contributed by atoms with E-state index in [1.165, 1.54) is 12.1 Å². The van der Waals surface area contributed by atoms with Crippen molar-refractivity contribution in [2.24, 2.45) is 4.99 Å². The van der Waals surface area contributed by atoms with Gasteiger partial charge < -0.3 is 5.32 Å². The Bertz CT molecular complexity index is 425. The second-order valence-electron chi connectivity index (χ2n) is 3.29. The van der Waals surface area contributed by atoms with Crippen LogP contribution in [0.2, 0.25) is 0 Å². The Morgan fingerprint density at radius 2 is 2.31 bits per heavy atom. The highest BCUT2D eigenvalue weighted by atomic mass is 127. The quantitative estimate of drug-likeness (QED) is 0.651. The minimum Gasteiger partial charge on any atom is -0.333 e. The molecule has 0 unspecified atom stereocenters. The maximum atomic E-state index is 13.3. The Labute approximate surface area is 110 Å². The molecule has 1 aliphatic rings. The Kier molecular flexibility index (Phi) is 4.01. The zero-order valence-electron chi connectivity index (χ0n) is 8.21. The van der Waals surface area contributed by atoms with Crippen molar-refractivity contribution >= 4 is 45.2 Å². The molecule has 16 heavy (non-hydrogen) atoms. The number of amidine groups is 1. The molecule has 1 aromatic rings. The maximum absolute atomic E-state index is 13.3. The van der Waals surface area contributed by atoms with E-state index in [1.54, 1.807) is 11.8 Å². The first kappa shape index (κ1) is 12.1. The van der Waals surface area contributed by atoms with Gasteiger partial charge >= 0.3 is 0 Å². The summed E-state index contributed by atoms with van der Waals surface area (Å²) in [5.41, 5.74) is 0.266. The summed E-state index contributed by atoms with van der Waals surface area (Å²) in [6.45, 7) is 0.749. The summed E-state index contributed by atoms with van der Waals surface area (Å²) >= 11 is 3.89. The standard InChI is InChI=1S/C10H9F2IN2S/c11-6-1-2-9(8(12)3-6)15-10-14-5-7(4-13)16-10/h1-3,7H,4-5H2,(H,14,15)/t7-/m1/s1. The molecule has 1 heterocycles. The van der Waals surface area contributed by atoms with Gasteiger partial charge in [-0.3, -0.25) is 4.99 Å². The molecule has 0 amide bonds. The first-order chi connectivity index (χ1) is 7.69. The minimum absolute atomic E-state index is 0.266. The zero-order chi connectivity index (χ0) is 11.5. The lowest BCUT2D eigenvalue weighted by atomic mass is 10.3. The summed E-state index contributed by atoms with van der Waals surface area (Å²) in [7, 11) is 0. The highest BCUT2D eigenvalue weighted by molar-refractivity contribution is 14.1. The lowest BCUT2D eigenvalue weighted by Crippen LogP contribution is -2.09. The van der Waals surface area contributed by atoms with Crippen LogP contribution in [0.25, 0.3) is 0 Å². The summed E-state index contributed by atoms with van der Waals surface area (Å²) in [6.07, 6.45) is 0. The molecule has 0 aromatic heterocycles. The number of nitrogens with zero attached hydrogens (tertiary/aromatic N) is 1. The van der Waals surface area contributed by atoms with Gasteiger partial charge in [0.1, 0.15) is 11.6 Å². The fourth-order valence-electron chi connectivity index (χ4n) is 1.27. The normalized spacial score (nSPS) is 19.7. The van der Waals surface area contributed by atoms with Crippen molar-refractivity contribution < 1.29 is 8.78 Å². The Hall–Kier alpha value is -0.370. The van der Waals surface area contributed by atoms with Crippen LogP contribution in [0.15, 0.2) is 23.2 Å². The second kappa shape index (κ2) is 5.31. The van der Waals surface area contributed by atoms with Gasteiger partial charge in [0.05, 0.1) is 12.2 Å². The van der Waals surface area contributed by atoms with Crippen molar-refractivity contribution in [3.05, 3.63) is 29.8 Å². The summed E-state index contributed by atoms with van der Waals surface area (Å²) in [5, 5.41) is 4.02. The largest absolute Gasteiger partial charge is 0.333 e. The van der Waals surface area contributed by atoms with Crippen LogP contribution in [0.3, 0.4) is 0 Å². The summed E-state index contributed by atoms with van der Waals surface area (Å²) < 4.78 is 27.0. The lowest BCUT2D eigenvalue weighted by Gasteiger charge is -2.07. The fourth-order valence-corrected chi connectivity index (χ4v) is 2.94. The second-order valence-corrected chi connectivity index (χ2v) is 5.46. The van der Waals surface area contributed by atoms with Crippen LogP contribution in [0.4, 0.5) is 14.5 Å². The number of anilines is 1. The number of aliphatic imine (C=N–C) groups is 1. The Morgan fingerprint density at radius 1 is 1.50 bits per heavy atom. The van der Waals surface area contributed by atoms with E-state index in [4.69, 9.17) is 0 Å². The number of hydrogen-bond acceptors (Lipinski definition) is 3. The molecular weight excluding hydrogens is 345 g/mol. The minimum atomic E-state index is -0.596. The van der Waals surface area contributed by atoms with Crippen LogP contribution >= 0.6 is 34.4 Å². The van der Waals surface area contributed by atoms with Crippen LogP contribution in [-0.4, -0.2) is 21.4 Å². The third kappa shape index (κ3) is 2.85. The molecule has 0 radical (unpaired) electrons. The average molecular weight is 354 g/mol. The van der Waals surface area contributed by atoms with Crippen LogP contribution in [0, 0.1) is 11.6 Å². The molecule has 6 heteroatoms. The van der Waals surface area contributed by atoms with E-state index in [0.717, 1.165) is 17.0 Å². The number of hydrogen-bond donors (Lipinski definition) is 1. The smallest absolute Gasteiger partial charge is 0.161 e. The van der Waals surface area contributed by atoms with Gasteiger partial charge in [-0.05, 0) is 12.1 Å². The molecule has 1 aliphatic heterocycles. The van der Waals surface area contributed by atoms with Crippen molar-refractivity contribution in [1.29, 1.82) is 0 Å². The monoisotopic (exact) mass is 354 g/mol. The zero-order valence-corrected chi connectivity index (χ0v) is 11.2. The summed E-state index contributed by atoms with van der Waals surface area (Å²) in [4.78, 5) is 4.25. The number of halogens is 3. The molecule has 0 bridgehead atoms. The molecule has 1 aromatic carbocycles. The number of alkyl halides is 1. The van der Waals surface area contributed by atoms with Gasteiger partial charge in [-0.2, -0.15) is 0 Å². The SMILES string of the molecule is Fc1ccc(NC2=NC[C@@H](CI)S2)c(F)c1. The maximum Gasteiger partial charge on any atom is 0.161 e. The first-order valence-corrected chi connectivity index (χ1v) is 7.08. The van der Waals surface area contributed by atoms with Crippen molar-refractivity contribution in [3.8, 4) is 0 Å². The first-order valence-electron chi connectivity index (χ1n) is 4.68. The number of benzene rings is 1. The van der Waals surface area contributed by atoms with Gasteiger partial charge in [-0.25, -0.2) is 8.78 Å². The van der Waals surface area contributed by atoms with E-state index in [-0.39, 0.29) is 5.69 Å². The third-order valence-electron chi connectivity index (χ3n) is 2.06. The van der Waals surface area contributed by atoms with Crippen molar-refractivity contribution in [2.45, 2.75) is 5.25 Å². The van der Waals surface area contributed by atoms with E-state index >= 15 is 0 Å². The van der Waals surface area contributed by atoms with Gasteiger partial charge in [0.2, 0.25) is 0 Å². The van der Waals surface area contributed by atoms with E-state index < -0.39 is 11.6 Å². The molecular formula is C10H9F2IN2S. The number of rotatable bonds is 2. The van der Waals surface area contributed by atoms with E-state index in [2.05, 4.69) is 32.9 Å². The van der Waals surface area contributed by atoms with Gasteiger partial charge in [0.25, 0.3) is 0 Å². The molecule has 1 N–H and O–H groups in total. The van der Waals surface area contributed by atoms with Crippen LogP contribution < -0.4 is 5.32 Å². The molecule has 0 saturated carbocycles. The van der Waals surface area contributed by atoms with Crippen LogP contribution in [-0.2, 0) is 0 Å². The summed E-state index contributed by atoms with van der Waals surface area (Å²) in [6, 6.07) is 3.46. The van der Waals surface area contributed by atoms with Gasteiger partial charge in [0.15, 0.2) is 5.17 Å². The van der Waals surface area contributed by atoms with Crippen molar-refractivity contribution in [3.63, 3.8) is 0 Å². The summed E-state index contributed by atoms with van der Waals surface area (Å²) in [5.74, 6) is -1.17. The average Bonchev–Trinajstić information content (AvgIpc) is 2.70. The fraction of sp³-hybridized carbons (Fsp3) is 0.300. The predicted octanol–water partition coefficient (Wildman–Crippen LogP) is 3.28. The van der Waals surface area contributed by atoms with Crippen LogP contribution in [0.1, 0.15) is 0 Å². The van der Waals surface area contributed by atoms with Crippen molar-refractivity contribution in [2.75, 3.05) is 16.3 Å². The third-order valence-corrected chi connectivity index (χ3v) is 4.83. The van der Waals surface area contributed by atoms with E-state index in [0.29, 0.717) is 10.4 Å². The van der Waals surface area contributed by atoms with Gasteiger partial charge in [0, 0.05) is 15.7 Å². The van der Waals surface area contributed by atoms with Gasteiger partial charge in [-0.1, -0.05) is 34.4 Å². The Balaban J connectivity index is 2.05. The molecule has 0 fully saturated rings. The molecule has 0 spiro atoms. The van der Waals surface area contributed by atoms with Crippen LogP contribution in [0.5, 0.6) is 0 Å². The number of thioether (sulfide) groups is 1. The highest BCUT2D eigenvalue weighted by Gasteiger charge is 2.19. The molecule has 86 valence electrons. The molecule has 2 rings (SSSR count). The predicted molar refractivity (Wildman–Crippen MR) is 72.5 cm³/mol. The molecule has 2 nitrogen and oxygen atoms in total. The van der Waals surface area contributed by atoms with Gasteiger partial charge in [-0.15, -0.1) is 0 Å². The van der Waals surface area contributed by atoms with E-state index in [9.17, 15) is 8.78 Å². The topological polar surface area (TPSA) is 24.4 Å².